The summed E-state index contributed by atoms with van der Waals surface area (Å²) in [7, 11) is 0. The Labute approximate surface area is 160 Å². The highest BCUT2D eigenvalue weighted by atomic mass is 16.5. The molecule has 27 heavy (non-hydrogen) atoms. The Morgan fingerprint density at radius 1 is 1.11 bits per heavy atom. The van der Waals surface area contributed by atoms with Gasteiger partial charge in [-0.3, -0.25) is 4.79 Å². The van der Waals surface area contributed by atoms with Gasteiger partial charge in [0.25, 0.3) is 0 Å². The molecule has 4 heteroatoms. The Morgan fingerprint density at radius 3 is 2.74 bits per heavy atom. The number of fused-ring (bicyclic) bond motifs is 1. The van der Waals surface area contributed by atoms with E-state index in [1.54, 1.807) is 0 Å². The van der Waals surface area contributed by atoms with Crippen molar-refractivity contribution in [3.8, 4) is 5.75 Å². The fraction of sp³-hybridized carbons (Fsp3) is 0.348. The van der Waals surface area contributed by atoms with Gasteiger partial charge in [-0.15, -0.1) is 0 Å². The van der Waals surface area contributed by atoms with Crippen LogP contribution in [0.4, 0.5) is 0 Å². The third kappa shape index (κ3) is 5.13. The number of carbonyl (C=O) groups excluding carboxylic acids is 1. The van der Waals surface area contributed by atoms with Gasteiger partial charge >= 0.3 is 0 Å². The molecule has 2 aromatic carbocycles. The molecule has 1 heterocycles. The fourth-order valence-electron chi connectivity index (χ4n) is 3.30. The van der Waals surface area contributed by atoms with Crippen LogP contribution in [-0.4, -0.2) is 17.0 Å². The number of hydrogen-bond donors (Lipinski definition) is 2. The first-order valence-electron chi connectivity index (χ1n) is 9.64. The molecule has 2 N–H and O–H groups in total. The maximum Gasteiger partial charge on any atom is 0.220 e. The quantitative estimate of drug-likeness (QED) is 0.580. The molecule has 1 unspecified atom stereocenters. The summed E-state index contributed by atoms with van der Waals surface area (Å²) in [5.41, 5.74) is 3.47. The zero-order chi connectivity index (χ0) is 19.2. The molecule has 0 saturated carbocycles. The van der Waals surface area contributed by atoms with Crippen LogP contribution in [0.5, 0.6) is 5.75 Å². The zero-order valence-corrected chi connectivity index (χ0v) is 16.3. The van der Waals surface area contributed by atoms with Gasteiger partial charge in [-0.25, -0.2) is 0 Å². The van der Waals surface area contributed by atoms with Crippen molar-refractivity contribution in [3.63, 3.8) is 0 Å². The number of aromatic amines is 1. The largest absolute Gasteiger partial charge is 0.491 e. The van der Waals surface area contributed by atoms with Crippen LogP contribution in [0, 0.1) is 0 Å². The number of carbonyl (C=O) groups is 1. The van der Waals surface area contributed by atoms with E-state index in [0.29, 0.717) is 6.42 Å². The van der Waals surface area contributed by atoms with Gasteiger partial charge in [0, 0.05) is 23.5 Å². The SMILES string of the molecule is CC(C)Oc1cccc(C(C)NC(=O)CCCc2c[nH]c3ccccc23)c1. The van der Waals surface area contributed by atoms with E-state index in [1.807, 2.05) is 63.4 Å². The lowest BCUT2D eigenvalue weighted by molar-refractivity contribution is -0.121. The number of benzene rings is 2. The van der Waals surface area contributed by atoms with Crippen molar-refractivity contribution in [1.29, 1.82) is 0 Å². The molecule has 142 valence electrons. The van der Waals surface area contributed by atoms with E-state index in [9.17, 15) is 4.79 Å². The first-order chi connectivity index (χ1) is 13.0. The molecule has 0 radical (unpaired) electrons. The lowest BCUT2D eigenvalue weighted by Crippen LogP contribution is -2.26. The number of rotatable bonds is 8. The lowest BCUT2D eigenvalue weighted by atomic mass is 10.1. The van der Waals surface area contributed by atoms with Crippen LogP contribution in [0.1, 0.15) is 50.8 Å². The van der Waals surface area contributed by atoms with E-state index in [1.165, 1.54) is 10.9 Å². The standard InChI is InChI=1S/C23H28N2O2/c1-16(2)27-20-10-6-8-18(14-20)17(3)25-23(26)13-7-9-19-15-24-22-12-5-4-11-21(19)22/h4-6,8,10-12,14-17,24H,7,9,13H2,1-3H3,(H,25,26). The fourth-order valence-corrected chi connectivity index (χ4v) is 3.30. The maximum absolute atomic E-state index is 12.3. The summed E-state index contributed by atoms with van der Waals surface area (Å²) in [6.45, 7) is 6.02. The second kappa shape index (κ2) is 8.76. The number of hydrogen-bond acceptors (Lipinski definition) is 2. The van der Waals surface area contributed by atoms with Crippen LogP contribution in [0.2, 0.25) is 0 Å². The van der Waals surface area contributed by atoms with Crippen LogP contribution in [-0.2, 0) is 11.2 Å². The third-order valence-electron chi connectivity index (χ3n) is 4.63. The molecule has 3 rings (SSSR count). The molecule has 0 aliphatic carbocycles. The summed E-state index contributed by atoms with van der Waals surface area (Å²) in [5.74, 6) is 0.917. The summed E-state index contributed by atoms with van der Waals surface area (Å²) in [6.07, 6.45) is 4.42. The van der Waals surface area contributed by atoms with E-state index in [2.05, 4.69) is 22.4 Å². The van der Waals surface area contributed by atoms with Gasteiger partial charge in [0.1, 0.15) is 5.75 Å². The van der Waals surface area contributed by atoms with E-state index >= 15 is 0 Å². The number of ether oxygens (including phenoxy) is 1. The molecule has 3 aromatic rings. The monoisotopic (exact) mass is 364 g/mol. The third-order valence-corrected chi connectivity index (χ3v) is 4.63. The average molecular weight is 364 g/mol. The minimum Gasteiger partial charge on any atom is -0.491 e. The number of para-hydroxylation sites is 1. The first kappa shape index (κ1) is 19.0. The lowest BCUT2D eigenvalue weighted by Gasteiger charge is -2.16. The highest BCUT2D eigenvalue weighted by Gasteiger charge is 2.11. The van der Waals surface area contributed by atoms with Crippen LogP contribution in [0.3, 0.4) is 0 Å². The number of nitrogens with one attached hydrogen (secondary N) is 2. The summed E-state index contributed by atoms with van der Waals surface area (Å²) in [5, 5.41) is 4.34. The Hall–Kier alpha value is -2.75. The Morgan fingerprint density at radius 2 is 1.93 bits per heavy atom. The van der Waals surface area contributed by atoms with Crippen LogP contribution in [0.25, 0.3) is 10.9 Å². The summed E-state index contributed by atoms with van der Waals surface area (Å²) in [6, 6.07) is 16.2. The van der Waals surface area contributed by atoms with Crippen molar-refractivity contribution >= 4 is 16.8 Å². The maximum atomic E-state index is 12.3. The van der Waals surface area contributed by atoms with Gasteiger partial charge in [-0.2, -0.15) is 0 Å². The summed E-state index contributed by atoms with van der Waals surface area (Å²) < 4.78 is 5.74. The minimum atomic E-state index is -0.0405. The molecule has 0 fully saturated rings. The second-order valence-corrected chi connectivity index (χ2v) is 7.24. The Bertz CT molecular complexity index is 898. The molecule has 4 nitrogen and oxygen atoms in total. The van der Waals surface area contributed by atoms with Gasteiger partial charge in [-0.05, 0) is 62.9 Å². The van der Waals surface area contributed by atoms with Crippen LogP contribution >= 0.6 is 0 Å². The van der Waals surface area contributed by atoms with Crippen molar-refractivity contribution in [2.24, 2.45) is 0 Å². The second-order valence-electron chi connectivity index (χ2n) is 7.24. The van der Waals surface area contributed by atoms with Gasteiger partial charge < -0.3 is 15.0 Å². The van der Waals surface area contributed by atoms with Crippen molar-refractivity contribution in [2.75, 3.05) is 0 Å². The van der Waals surface area contributed by atoms with Crippen LogP contribution < -0.4 is 10.1 Å². The van der Waals surface area contributed by atoms with Crippen molar-refractivity contribution in [2.45, 2.75) is 52.2 Å². The number of amides is 1. The predicted molar refractivity (Wildman–Crippen MR) is 110 cm³/mol. The minimum absolute atomic E-state index is 0.0405. The molecule has 0 aliphatic rings. The van der Waals surface area contributed by atoms with Gasteiger partial charge in [0.05, 0.1) is 12.1 Å². The van der Waals surface area contributed by atoms with Gasteiger partial charge in [-0.1, -0.05) is 30.3 Å². The molecule has 0 bridgehead atoms. The van der Waals surface area contributed by atoms with Gasteiger partial charge in [0.15, 0.2) is 0 Å². The van der Waals surface area contributed by atoms with Gasteiger partial charge in [0.2, 0.25) is 5.91 Å². The zero-order valence-electron chi connectivity index (χ0n) is 16.3. The summed E-state index contributed by atoms with van der Waals surface area (Å²) >= 11 is 0. The molecule has 0 spiro atoms. The first-order valence-corrected chi connectivity index (χ1v) is 9.64. The van der Waals surface area contributed by atoms with E-state index in [0.717, 1.165) is 29.7 Å². The highest BCUT2D eigenvalue weighted by molar-refractivity contribution is 5.83. The Balaban J connectivity index is 1.50. The number of aromatic nitrogens is 1. The highest BCUT2D eigenvalue weighted by Crippen LogP contribution is 2.21. The molecular weight excluding hydrogens is 336 g/mol. The summed E-state index contributed by atoms with van der Waals surface area (Å²) in [4.78, 5) is 15.6. The van der Waals surface area contributed by atoms with Crippen molar-refractivity contribution < 1.29 is 9.53 Å². The average Bonchev–Trinajstić information content (AvgIpc) is 3.05. The normalized spacial score (nSPS) is 12.3. The van der Waals surface area contributed by atoms with E-state index < -0.39 is 0 Å². The molecule has 0 saturated heterocycles. The predicted octanol–water partition coefficient (Wildman–Crippen LogP) is 5.16. The molecule has 1 amide bonds. The van der Waals surface area contributed by atoms with Crippen molar-refractivity contribution in [1.82, 2.24) is 10.3 Å². The smallest absolute Gasteiger partial charge is 0.220 e. The Kier molecular flexibility index (Phi) is 6.17. The van der Waals surface area contributed by atoms with Crippen LogP contribution in [0.15, 0.2) is 54.7 Å². The molecule has 1 atom stereocenters. The van der Waals surface area contributed by atoms with E-state index in [-0.39, 0.29) is 18.1 Å². The number of aryl methyl sites for hydroxylation is 1. The van der Waals surface area contributed by atoms with E-state index in [4.69, 9.17) is 4.74 Å². The molecule has 0 aliphatic heterocycles. The van der Waals surface area contributed by atoms with Crippen molar-refractivity contribution in [3.05, 3.63) is 65.9 Å². The topological polar surface area (TPSA) is 54.1 Å². The molecular formula is C23H28N2O2. The number of H-pyrrole nitrogens is 1. The molecule has 1 aromatic heterocycles.